The third-order valence-corrected chi connectivity index (χ3v) is 5.52. The number of nitrogens with one attached hydrogen (secondary N) is 2. The number of guanidine groups is 1. The predicted octanol–water partition coefficient (Wildman–Crippen LogP) is 4.59. The fourth-order valence-electron chi connectivity index (χ4n) is 1.93. The second kappa shape index (κ2) is 10.5. The summed E-state index contributed by atoms with van der Waals surface area (Å²) < 4.78 is 0.845. The Hall–Kier alpha value is -0.310. The zero-order valence-electron chi connectivity index (χ0n) is 12.6. The van der Waals surface area contributed by atoms with Gasteiger partial charge < -0.3 is 10.6 Å². The maximum atomic E-state index is 5.93. The lowest BCUT2D eigenvalue weighted by Gasteiger charge is -2.15. The van der Waals surface area contributed by atoms with Gasteiger partial charge in [0, 0.05) is 35.8 Å². The molecule has 1 unspecified atom stereocenters. The van der Waals surface area contributed by atoms with Gasteiger partial charge in [-0.3, -0.25) is 4.99 Å². The SMILES string of the molecule is CN=C(NCCc1ccc(Cl)s1)NCC(C)c1cccs1.I. The fourth-order valence-corrected chi connectivity index (χ4v) is 3.81. The number of nitrogens with zero attached hydrogens (tertiary/aromatic N) is 1. The van der Waals surface area contributed by atoms with Gasteiger partial charge in [-0.2, -0.15) is 0 Å². The van der Waals surface area contributed by atoms with Crippen molar-refractivity contribution in [3.05, 3.63) is 43.7 Å². The van der Waals surface area contributed by atoms with Gasteiger partial charge in [0.1, 0.15) is 0 Å². The van der Waals surface area contributed by atoms with Gasteiger partial charge in [0.2, 0.25) is 0 Å². The van der Waals surface area contributed by atoms with Crippen LogP contribution in [-0.2, 0) is 6.42 Å². The van der Waals surface area contributed by atoms with Crippen LogP contribution in [0.5, 0.6) is 0 Å². The quantitative estimate of drug-likeness (QED) is 0.369. The molecule has 3 nitrogen and oxygen atoms in total. The number of hydrogen-bond donors (Lipinski definition) is 2. The van der Waals surface area contributed by atoms with E-state index in [1.54, 1.807) is 29.7 Å². The molecule has 0 aliphatic carbocycles. The minimum atomic E-state index is 0. The van der Waals surface area contributed by atoms with Gasteiger partial charge in [-0.05, 0) is 30.0 Å². The maximum Gasteiger partial charge on any atom is 0.191 e. The van der Waals surface area contributed by atoms with E-state index in [0.717, 1.165) is 29.8 Å². The second-order valence-electron chi connectivity index (χ2n) is 4.75. The summed E-state index contributed by atoms with van der Waals surface area (Å²) in [5, 5.41) is 8.82. The van der Waals surface area contributed by atoms with Crippen molar-refractivity contribution < 1.29 is 0 Å². The van der Waals surface area contributed by atoms with Crippen molar-refractivity contribution in [2.75, 3.05) is 20.1 Å². The van der Waals surface area contributed by atoms with E-state index in [0.29, 0.717) is 5.92 Å². The minimum absolute atomic E-state index is 0. The van der Waals surface area contributed by atoms with E-state index in [4.69, 9.17) is 11.6 Å². The van der Waals surface area contributed by atoms with Crippen molar-refractivity contribution in [3.63, 3.8) is 0 Å². The fraction of sp³-hybridized carbons (Fsp3) is 0.400. The lowest BCUT2D eigenvalue weighted by Crippen LogP contribution is -2.39. The van der Waals surface area contributed by atoms with E-state index < -0.39 is 0 Å². The predicted molar refractivity (Wildman–Crippen MR) is 111 cm³/mol. The number of aliphatic imine (C=N–C) groups is 1. The molecular weight excluding hydrogens is 449 g/mol. The van der Waals surface area contributed by atoms with Crippen molar-refractivity contribution in [3.8, 4) is 0 Å². The number of thiophene rings is 2. The molecule has 2 N–H and O–H groups in total. The highest BCUT2D eigenvalue weighted by Gasteiger charge is 2.07. The van der Waals surface area contributed by atoms with Gasteiger partial charge >= 0.3 is 0 Å². The molecule has 2 aromatic heterocycles. The van der Waals surface area contributed by atoms with Crippen LogP contribution in [0.3, 0.4) is 0 Å². The zero-order valence-corrected chi connectivity index (χ0v) is 17.4. The van der Waals surface area contributed by atoms with Crippen LogP contribution in [0.15, 0.2) is 34.6 Å². The third kappa shape index (κ3) is 6.44. The molecule has 7 heteroatoms. The molecular formula is C15H21ClIN3S2. The van der Waals surface area contributed by atoms with Crippen molar-refractivity contribution in [1.82, 2.24) is 10.6 Å². The van der Waals surface area contributed by atoms with Crippen molar-refractivity contribution in [2.24, 2.45) is 4.99 Å². The summed E-state index contributed by atoms with van der Waals surface area (Å²) >= 11 is 9.35. The maximum absolute atomic E-state index is 5.93. The smallest absolute Gasteiger partial charge is 0.191 e. The zero-order chi connectivity index (χ0) is 15.1. The van der Waals surface area contributed by atoms with Crippen LogP contribution in [0, 0.1) is 0 Å². The summed E-state index contributed by atoms with van der Waals surface area (Å²) in [5.41, 5.74) is 0. The summed E-state index contributed by atoms with van der Waals surface area (Å²) in [6.45, 7) is 3.95. The summed E-state index contributed by atoms with van der Waals surface area (Å²) in [5.74, 6) is 1.33. The normalized spacial score (nSPS) is 12.6. The van der Waals surface area contributed by atoms with E-state index in [1.807, 2.05) is 6.07 Å². The Morgan fingerprint density at radius 2 is 2.14 bits per heavy atom. The number of halogens is 2. The molecule has 0 fully saturated rings. The average molecular weight is 470 g/mol. The Morgan fingerprint density at radius 3 is 2.73 bits per heavy atom. The van der Waals surface area contributed by atoms with Crippen LogP contribution in [0.25, 0.3) is 0 Å². The van der Waals surface area contributed by atoms with Crippen LogP contribution in [-0.4, -0.2) is 26.1 Å². The molecule has 0 bridgehead atoms. The van der Waals surface area contributed by atoms with E-state index in [1.165, 1.54) is 9.75 Å². The summed E-state index contributed by atoms with van der Waals surface area (Å²) in [7, 11) is 1.80. The molecule has 0 aliphatic heterocycles. The van der Waals surface area contributed by atoms with Gasteiger partial charge in [-0.1, -0.05) is 24.6 Å². The largest absolute Gasteiger partial charge is 0.356 e. The molecule has 2 aromatic rings. The Labute approximate surface area is 162 Å². The topological polar surface area (TPSA) is 36.4 Å². The summed E-state index contributed by atoms with van der Waals surface area (Å²) in [6.07, 6.45) is 0.957. The lowest BCUT2D eigenvalue weighted by atomic mass is 10.1. The molecule has 2 heterocycles. The van der Waals surface area contributed by atoms with Crippen molar-refractivity contribution in [1.29, 1.82) is 0 Å². The third-order valence-electron chi connectivity index (χ3n) is 3.12. The molecule has 0 saturated heterocycles. The molecule has 0 aliphatic rings. The van der Waals surface area contributed by atoms with E-state index in [-0.39, 0.29) is 24.0 Å². The van der Waals surface area contributed by atoms with Crippen LogP contribution >= 0.6 is 58.3 Å². The molecule has 0 radical (unpaired) electrons. The first-order chi connectivity index (χ1) is 10.2. The molecule has 1 atom stereocenters. The minimum Gasteiger partial charge on any atom is -0.356 e. The van der Waals surface area contributed by atoms with Crippen LogP contribution in [0.4, 0.5) is 0 Å². The van der Waals surface area contributed by atoms with Gasteiger partial charge in [-0.25, -0.2) is 0 Å². The van der Waals surface area contributed by atoms with Crippen molar-refractivity contribution >= 4 is 64.2 Å². The Kier molecular flexibility index (Phi) is 9.39. The highest BCUT2D eigenvalue weighted by atomic mass is 127. The first-order valence-corrected chi connectivity index (χ1v) is 8.98. The van der Waals surface area contributed by atoms with Gasteiger partial charge in [0.25, 0.3) is 0 Å². The van der Waals surface area contributed by atoms with Crippen LogP contribution in [0.2, 0.25) is 4.34 Å². The van der Waals surface area contributed by atoms with E-state index >= 15 is 0 Å². The van der Waals surface area contributed by atoms with Gasteiger partial charge in [-0.15, -0.1) is 46.7 Å². The van der Waals surface area contributed by atoms with Crippen LogP contribution < -0.4 is 10.6 Å². The molecule has 0 spiro atoms. The summed E-state index contributed by atoms with van der Waals surface area (Å²) in [6, 6.07) is 8.28. The van der Waals surface area contributed by atoms with E-state index in [2.05, 4.69) is 46.1 Å². The molecule has 22 heavy (non-hydrogen) atoms. The standard InChI is InChI=1S/C15H20ClN3S2.HI/c1-11(13-4-3-9-20-13)10-19-15(17-2)18-8-7-12-5-6-14(16)21-12;/h3-6,9,11H,7-8,10H2,1-2H3,(H2,17,18,19);1H. The monoisotopic (exact) mass is 469 g/mol. The molecule has 2 rings (SSSR count). The summed E-state index contributed by atoms with van der Waals surface area (Å²) in [4.78, 5) is 6.93. The van der Waals surface area contributed by atoms with Gasteiger partial charge in [0.05, 0.1) is 4.34 Å². The number of hydrogen-bond acceptors (Lipinski definition) is 3. The molecule has 0 aromatic carbocycles. The van der Waals surface area contributed by atoms with E-state index in [9.17, 15) is 0 Å². The molecule has 122 valence electrons. The lowest BCUT2D eigenvalue weighted by molar-refractivity contribution is 0.707. The average Bonchev–Trinajstić information content (AvgIpc) is 3.14. The first-order valence-electron chi connectivity index (χ1n) is 6.91. The van der Waals surface area contributed by atoms with Gasteiger partial charge in [0.15, 0.2) is 5.96 Å². The molecule has 0 saturated carbocycles. The first kappa shape index (κ1) is 19.7. The van der Waals surface area contributed by atoms with Crippen LogP contribution in [0.1, 0.15) is 22.6 Å². The Balaban J connectivity index is 0.00000242. The molecule has 0 amide bonds. The highest BCUT2D eigenvalue weighted by molar-refractivity contribution is 14.0. The number of rotatable bonds is 6. The second-order valence-corrected chi connectivity index (χ2v) is 7.53. The Morgan fingerprint density at radius 1 is 1.32 bits per heavy atom. The Bertz CT molecular complexity index is 569. The van der Waals surface area contributed by atoms with Crippen molar-refractivity contribution in [2.45, 2.75) is 19.3 Å². The highest BCUT2D eigenvalue weighted by Crippen LogP contribution is 2.21.